The maximum atomic E-state index is 13.7. The fourth-order valence-corrected chi connectivity index (χ4v) is 4.88. The van der Waals surface area contributed by atoms with E-state index in [0.717, 1.165) is 24.9 Å². The molecule has 4 aromatic carbocycles. The second-order valence-corrected chi connectivity index (χ2v) is 9.95. The molecule has 170 valence electrons. The highest BCUT2D eigenvalue weighted by Crippen LogP contribution is 2.40. The Morgan fingerprint density at radius 3 is 2.50 bits per heavy atom. The molecule has 0 saturated carbocycles. The van der Waals surface area contributed by atoms with Crippen molar-refractivity contribution in [2.75, 3.05) is 10.2 Å². The number of nitrogens with one attached hydrogen (secondary N) is 1. The first-order chi connectivity index (χ1) is 16.5. The molecule has 1 aliphatic rings. The molecular weight excluding hydrogens is 610 g/mol. The lowest BCUT2D eigenvalue weighted by Gasteiger charge is -2.38. The van der Waals surface area contributed by atoms with Crippen LogP contribution in [0, 0.1) is 9.39 Å². The third kappa shape index (κ3) is 4.67. The molecule has 0 aliphatic carbocycles. The number of fused-ring (bicyclic) bond motifs is 1. The van der Waals surface area contributed by atoms with Gasteiger partial charge in [-0.2, -0.15) is 0 Å². The van der Waals surface area contributed by atoms with Crippen LogP contribution in [0.5, 0.6) is 5.75 Å². The fraction of sp³-hybridized carbons (Fsp3) is 0.0741. The number of rotatable bonds is 5. The Morgan fingerprint density at radius 2 is 1.74 bits per heavy atom. The van der Waals surface area contributed by atoms with Crippen LogP contribution in [0.3, 0.4) is 0 Å². The zero-order chi connectivity index (χ0) is 23.7. The summed E-state index contributed by atoms with van der Waals surface area (Å²) < 4.78 is 21.5. The van der Waals surface area contributed by atoms with Crippen molar-refractivity contribution in [3.63, 3.8) is 0 Å². The van der Waals surface area contributed by atoms with Crippen molar-refractivity contribution in [3.8, 4) is 5.75 Å². The Hall–Kier alpha value is -2.91. The average molecular weight is 629 g/mol. The molecular formula is C27H19BrFIN2O2. The predicted octanol–water partition coefficient (Wildman–Crippen LogP) is 7.54. The minimum absolute atomic E-state index is 0.161. The van der Waals surface area contributed by atoms with Crippen LogP contribution in [-0.2, 0) is 6.61 Å². The monoisotopic (exact) mass is 628 g/mol. The van der Waals surface area contributed by atoms with E-state index < -0.39 is 6.17 Å². The van der Waals surface area contributed by atoms with Crippen LogP contribution < -0.4 is 15.0 Å². The lowest BCUT2D eigenvalue weighted by atomic mass is 10.0. The van der Waals surface area contributed by atoms with E-state index in [9.17, 15) is 9.18 Å². The summed E-state index contributed by atoms with van der Waals surface area (Å²) in [5.41, 5.74) is 3.80. The molecule has 1 heterocycles. The molecule has 0 aromatic heterocycles. The Labute approximate surface area is 219 Å². The Bertz CT molecular complexity index is 1350. The molecule has 0 saturated heterocycles. The second kappa shape index (κ2) is 9.76. The van der Waals surface area contributed by atoms with Crippen molar-refractivity contribution in [2.45, 2.75) is 12.8 Å². The molecule has 4 aromatic rings. The third-order valence-electron chi connectivity index (χ3n) is 5.60. The number of hydrogen-bond donors (Lipinski definition) is 1. The summed E-state index contributed by atoms with van der Waals surface area (Å²) in [5.74, 6) is 0.167. The summed E-state index contributed by atoms with van der Waals surface area (Å²) >= 11 is 5.84. The smallest absolute Gasteiger partial charge is 0.262 e. The number of carbonyl (C=O) groups excluding carboxylic acids is 1. The highest BCUT2D eigenvalue weighted by Gasteiger charge is 2.35. The summed E-state index contributed by atoms with van der Waals surface area (Å²) in [7, 11) is 0. The van der Waals surface area contributed by atoms with Crippen LogP contribution in [0.15, 0.2) is 95.5 Å². The van der Waals surface area contributed by atoms with Gasteiger partial charge < -0.3 is 10.1 Å². The van der Waals surface area contributed by atoms with Crippen LogP contribution in [0.25, 0.3) is 0 Å². The predicted molar refractivity (Wildman–Crippen MR) is 144 cm³/mol. The SMILES string of the molecule is O=C1c2cc(I)ccc2N[C@@H](c2cc(OCc3ccccc3)ccc2Br)N1c1ccc(F)cc1. The molecule has 0 unspecified atom stereocenters. The summed E-state index contributed by atoms with van der Waals surface area (Å²) in [6.07, 6.45) is -0.528. The zero-order valence-corrected chi connectivity index (χ0v) is 21.6. The third-order valence-corrected chi connectivity index (χ3v) is 6.99. The van der Waals surface area contributed by atoms with Crippen molar-refractivity contribution >= 4 is 55.8 Å². The van der Waals surface area contributed by atoms with Gasteiger partial charge in [-0.05, 0) is 88.8 Å². The Balaban J connectivity index is 1.55. The van der Waals surface area contributed by atoms with E-state index in [1.165, 1.54) is 12.1 Å². The molecule has 0 fully saturated rings. The number of amides is 1. The van der Waals surface area contributed by atoms with Crippen molar-refractivity contribution in [1.29, 1.82) is 0 Å². The minimum atomic E-state index is -0.528. The number of halogens is 3. The first-order valence-corrected chi connectivity index (χ1v) is 12.5. The van der Waals surface area contributed by atoms with Gasteiger partial charge >= 0.3 is 0 Å². The highest BCUT2D eigenvalue weighted by molar-refractivity contribution is 14.1. The van der Waals surface area contributed by atoms with E-state index in [2.05, 4.69) is 43.8 Å². The Kier molecular flexibility index (Phi) is 6.56. The summed E-state index contributed by atoms with van der Waals surface area (Å²) in [5, 5.41) is 3.50. The van der Waals surface area contributed by atoms with Gasteiger partial charge in [-0.25, -0.2) is 4.39 Å². The van der Waals surface area contributed by atoms with Crippen molar-refractivity contribution in [2.24, 2.45) is 0 Å². The number of nitrogens with zero attached hydrogens (tertiary/aromatic N) is 1. The fourth-order valence-electron chi connectivity index (χ4n) is 3.93. The minimum Gasteiger partial charge on any atom is -0.489 e. The molecule has 4 nitrogen and oxygen atoms in total. The van der Waals surface area contributed by atoms with E-state index >= 15 is 0 Å². The van der Waals surface area contributed by atoms with Crippen molar-refractivity contribution < 1.29 is 13.9 Å². The van der Waals surface area contributed by atoms with Gasteiger partial charge in [0, 0.05) is 25.0 Å². The van der Waals surface area contributed by atoms with Crippen LogP contribution in [0.4, 0.5) is 15.8 Å². The van der Waals surface area contributed by atoms with Gasteiger partial charge in [-0.15, -0.1) is 0 Å². The van der Waals surface area contributed by atoms with Gasteiger partial charge in [0.25, 0.3) is 5.91 Å². The van der Waals surface area contributed by atoms with Crippen LogP contribution in [-0.4, -0.2) is 5.91 Å². The van der Waals surface area contributed by atoms with Gasteiger partial charge in [0.05, 0.1) is 5.56 Å². The van der Waals surface area contributed by atoms with E-state index in [1.54, 1.807) is 17.0 Å². The van der Waals surface area contributed by atoms with E-state index in [1.807, 2.05) is 66.7 Å². The van der Waals surface area contributed by atoms with Gasteiger partial charge in [0.15, 0.2) is 0 Å². The molecule has 0 bridgehead atoms. The van der Waals surface area contributed by atoms with Gasteiger partial charge in [-0.1, -0.05) is 46.3 Å². The average Bonchev–Trinajstić information content (AvgIpc) is 2.85. The number of carbonyl (C=O) groups is 1. The highest BCUT2D eigenvalue weighted by atomic mass is 127. The summed E-state index contributed by atoms with van der Waals surface area (Å²) in [6, 6.07) is 27.3. The molecule has 0 radical (unpaired) electrons. The maximum absolute atomic E-state index is 13.7. The molecule has 7 heteroatoms. The summed E-state index contributed by atoms with van der Waals surface area (Å²) in [4.78, 5) is 15.3. The van der Waals surface area contributed by atoms with Crippen LogP contribution in [0.1, 0.15) is 27.7 Å². The second-order valence-electron chi connectivity index (χ2n) is 7.85. The standard InChI is InChI=1S/C27H19BrFIN2O2/c28-24-12-11-21(34-16-17-4-2-1-3-5-17)15-22(24)26-31-25-13-8-19(30)14-23(25)27(33)32(26)20-9-6-18(29)7-10-20/h1-15,26,31H,16H2/t26-/m1/s1. The maximum Gasteiger partial charge on any atom is 0.262 e. The van der Waals surface area contributed by atoms with E-state index in [4.69, 9.17) is 4.74 Å². The molecule has 1 N–H and O–H groups in total. The lowest BCUT2D eigenvalue weighted by Crippen LogP contribution is -2.43. The first-order valence-electron chi connectivity index (χ1n) is 10.6. The molecule has 1 atom stereocenters. The largest absolute Gasteiger partial charge is 0.489 e. The molecule has 1 aliphatic heterocycles. The molecule has 34 heavy (non-hydrogen) atoms. The summed E-state index contributed by atoms with van der Waals surface area (Å²) in [6.45, 7) is 0.432. The Morgan fingerprint density at radius 1 is 0.971 bits per heavy atom. The van der Waals surface area contributed by atoms with Gasteiger partial charge in [0.2, 0.25) is 0 Å². The number of hydrogen-bond acceptors (Lipinski definition) is 3. The van der Waals surface area contributed by atoms with Crippen molar-refractivity contribution in [1.82, 2.24) is 0 Å². The van der Waals surface area contributed by atoms with Crippen LogP contribution >= 0.6 is 38.5 Å². The number of benzene rings is 4. The van der Waals surface area contributed by atoms with Gasteiger partial charge in [-0.3, -0.25) is 9.69 Å². The number of anilines is 2. The zero-order valence-electron chi connectivity index (χ0n) is 17.8. The molecule has 1 amide bonds. The molecule has 5 rings (SSSR count). The topological polar surface area (TPSA) is 41.6 Å². The first kappa shape index (κ1) is 22.9. The van der Waals surface area contributed by atoms with E-state index in [-0.39, 0.29) is 11.7 Å². The number of ether oxygens (including phenoxy) is 1. The van der Waals surface area contributed by atoms with Gasteiger partial charge in [0.1, 0.15) is 24.3 Å². The van der Waals surface area contributed by atoms with E-state index in [0.29, 0.717) is 23.6 Å². The quantitative estimate of drug-likeness (QED) is 0.232. The normalized spacial score (nSPS) is 15.0. The van der Waals surface area contributed by atoms with Crippen LogP contribution in [0.2, 0.25) is 0 Å². The lowest BCUT2D eigenvalue weighted by molar-refractivity contribution is 0.0974. The molecule has 0 spiro atoms. The van der Waals surface area contributed by atoms with Crippen molar-refractivity contribution in [3.05, 3.63) is 122 Å².